The first kappa shape index (κ1) is 19.2. The number of hydrogen-bond donors (Lipinski definition) is 1. The van der Waals surface area contributed by atoms with Crippen molar-refractivity contribution in [3.63, 3.8) is 0 Å². The zero-order chi connectivity index (χ0) is 15.8. The molecule has 0 bridgehead atoms. The van der Waals surface area contributed by atoms with E-state index >= 15 is 0 Å². The molecule has 0 unspecified atom stereocenters. The fourth-order valence-corrected chi connectivity index (χ4v) is 3.83. The van der Waals surface area contributed by atoms with Crippen LogP contribution in [0.25, 0.3) is 0 Å². The first-order valence-corrected chi connectivity index (χ1v) is 12.1. The lowest BCUT2D eigenvalue weighted by atomic mass is 9.95. The molecule has 1 aliphatic carbocycles. The minimum atomic E-state index is -1.52. The molecule has 0 radical (unpaired) electrons. The summed E-state index contributed by atoms with van der Waals surface area (Å²) < 4.78 is 6.22. The summed E-state index contributed by atoms with van der Waals surface area (Å²) in [5.74, 6) is 0. The van der Waals surface area contributed by atoms with Crippen LogP contribution in [0.5, 0.6) is 0 Å². The summed E-state index contributed by atoms with van der Waals surface area (Å²) in [6.07, 6.45) is 12.4. The third-order valence-electron chi connectivity index (χ3n) is 5.38. The van der Waals surface area contributed by atoms with Gasteiger partial charge in [0.25, 0.3) is 0 Å². The van der Waals surface area contributed by atoms with Crippen LogP contribution in [0.3, 0.4) is 0 Å². The summed E-state index contributed by atoms with van der Waals surface area (Å²) >= 11 is 0. The number of unbranched alkanes of at least 4 members (excludes halogenated alkanes) is 3. The van der Waals surface area contributed by atoms with Crippen LogP contribution in [-0.4, -0.2) is 27.5 Å². The summed E-state index contributed by atoms with van der Waals surface area (Å²) in [5, 5.41) is 4.08. The Balaban J connectivity index is 1.93. The fourth-order valence-electron chi connectivity index (χ4n) is 2.74. The van der Waals surface area contributed by atoms with E-state index < -0.39 is 8.32 Å². The summed E-state index contributed by atoms with van der Waals surface area (Å²) in [6, 6.07) is 0.820. The van der Waals surface area contributed by atoms with Gasteiger partial charge in [-0.1, -0.05) is 52.9 Å². The molecule has 1 aliphatic rings. The summed E-state index contributed by atoms with van der Waals surface area (Å²) in [5.41, 5.74) is 0. The molecular weight excluding hydrogens is 274 g/mol. The van der Waals surface area contributed by atoms with E-state index in [4.69, 9.17) is 4.43 Å². The second-order valence-corrected chi connectivity index (χ2v) is 13.1. The molecule has 1 rings (SSSR count). The van der Waals surface area contributed by atoms with Gasteiger partial charge in [-0.2, -0.15) is 0 Å². The van der Waals surface area contributed by atoms with Crippen LogP contribution in [0.4, 0.5) is 0 Å². The number of rotatable bonds is 9. The van der Waals surface area contributed by atoms with E-state index in [1.54, 1.807) is 0 Å². The van der Waals surface area contributed by atoms with Gasteiger partial charge in [-0.3, -0.25) is 0 Å². The molecule has 0 heterocycles. The van der Waals surface area contributed by atoms with Gasteiger partial charge in [0, 0.05) is 12.6 Å². The van der Waals surface area contributed by atoms with Crippen LogP contribution < -0.4 is 5.32 Å². The monoisotopic (exact) mass is 313 g/mol. The summed E-state index contributed by atoms with van der Waals surface area (Å²) in [6.45, 7) is 13.8. The van der Waals surface area contributed by atoms with E-state index in [1.807, 2.05) is 0 Å². The van der Waals surface area contributed by atoms with Crippen molar-refractivity contribution in [3.05, 3.63) is 0 Å². The molecule has 0 saturated heterocycles. The van der Waals surface area contributed by atoms with Crippen molar-refractivity contribution in [2.75, 3.05) is 13.2 Å². The molecule has 3 heteroatoms. The van der Waals surface area contributed by atoms with Crippen LogP contribution >= 0.6 is 0 Å². The number of nitrogens with one attached hydrogen (secondary N) is 1. The molecule has 0 aliphatic heterocycles. The van der Waals surface area contributed by atoms with Crippen LogP contribution in [0.2, 0.25) is 18.1 Å². The van der Waals surface area contributed by atoms with Gasteiger partial charge in [0.1, 0.15) is 0 Å². The summed E-state index contributed by atoms with van der Waals surface area (Å²) in [7, 11) is -1.52. The van der Waals surface area contributed by atoms with E-state index in [-0.39, 0.29) is 0 Å². The van der Waals surface area contributed by atoms with Crippen molar-refractivity contribution in [3.8, 4) is 0 Å². The second-order valence-electron chi connectivity index (χ2n) is 8.31. The smallest absolute Gasteiger partial charge is 0.191 e. The van der Waals surface area contributed by atoms with Crippen LogP contribution in [0, 0.1) is 0 Å². The Morgan fingerprint density at radius 2 is 1.57 bits per heavy atom. The number of hydrogen-bond acceptors (Lipinski definition) is 2. The van der Waals surface area contributed by atoms with E-state index in [0.29, 0.717) is 5.04 Å². The fraction of sp³-hybridized carbons (Fsp3) is 1.00. The molecule has 0 amide bonds. The first-order valence-electron chi connectivity index (χ1n) is 9.20. The van der Waals surface area contributed by atoms with Crippen molar-refractivity contribution < 1.29 is 4.43 Å². The van der Waals surface area contributed by atoms with Crippen LogP contribution in [0.15, 0.2) is 0 Å². The Bertz CT molecular complexity index is 267. The van der Waals surface area contributed by atoms with Crippen LogP contribution in [0.1, 0.15) is 78.6 Å². The average Bonchev–Trinajstić information content (AvgIpc) is 2.41. The van der Waals surface area contributed by atoms with Crippen LogP contribution in [-0.2, 0) is 4.43 Å². The maximum Gasteiger partial charge on any atom is 0.191 e. The van der Waals surface area contributed by atoms with Crippen molar-refractivity contribution in [2.45, 2.75) is 103 Å². The molecule has 1 N–H and O–H groups in total. The molecular formula is C18H39NOSi. The third kappa shape index (κ3) is 7.80. The Morgan fingerprint density at radius 1 is 0.952 bits per heavy atom. The molecule has 2 nitrogen and oxygen atoms in total. The van der Waals surface area contributed by atoms with Gasteiger partial charge < -0.3 is 9.74 Å². The zero-order valence-electron chi connectivity index (χ0n) is 15.3. The lowest BCUT2D eigenvalue weighted by molar-refractivity contribution is 0.277. The third-order valence-corrected chi connectivity index (χ3v) is 9.92. The van der Waals surface area contributed by atoms with E-state index in [0.717, 1.165) is 12.6 Å². The highest BCUT2D eigenvalue weighted by atomic mass is 28.4. The second kappa shape index (κ2) is 9.31. The van der Waals surface area contributed by atoms with Gasteiger partial charge in [-0.15, -0.1) is 0 Å². The summed E-state index contributed by atoms with van der Waals surface area (Å²) in [4.78, 5) is 0. The molecule has 1 saturated carbocycles. The van der Waals surface area contributed by atoms with Gasteiger partial charge in [0.05, 0.1) is 0 Å². The highest BCUT2D eigenvalue weighted by Crippen LogP contribution is 2.36. The molecule has 0 spiro atoms. The lowest BCUT2D eigenvalue weighted by Gasteiger charge is -2.36. The maximum atomic E-state index is 6.22. The normalized spacial score (nSPS) is 18.1. The lowest BCUT2D eigenvalue weighted by Crippen LogP contribution is -2.40. The quantitative estimate of drug-likeness (QED) is 0.449. The van der Waals surface area contributed by atoms with Crippen molar-refractivity contribution in [1.29, 1.82) is 0 Å². The van der Waals surface area contributed by atoms with Gasteiger partial charge in [0.15, 0.2) is 8.32 Å². The SMILES string of the molecule is CC(C)(C)[Si](C)(C)OCCCCCCNC1CCCCC1. The highest BCUT2D eigenvalue weighted by Gasteiger charge is 2.36. The van der Waals surface area contributed by atoms with E-state index in [9.17, 15) is 0 Å². The molecule has 0 aromatic heterocycles. The van der Waals surface area contributed by atoms with Gasteiger partial charge in [0.2, 0.25) is 0 Å². The molecule has 21 heavy (non-hydrogen) atoms. The van der Waals surface area contributed by atoms with Gasteiger partial charge >= 0.3 is 0 Å². The Hall–Kier alpha value is 0.137. The molecule has 0 aromatic rings. The topological polar surface area (TPSA) is 21.3 Å². The highest BCUT2D eigenvalue weighted by molar-refractivity contribution is 6.74. The van der Waals surface area contributed by atoms with Gasteiger partial charge in [-0.05, 0) is 50.4 Å². The van der Waals surface area contributed by atoms with E-state index in [2.05, 4.69) is 39.2 Å². The largest absolute Gasteiger partial charge is 0.417 e. The standard InChI is InChI=1S/C18H39NOSi/c1-18(2,3)21(4,5)20-16-12-7-6-11-15-19-17-13-9-8-10-14-17/h17,19H,6-16H2,1-5H3. The predicted octanol–water partition coefficient (Wildman–Crippen LogP) is 5.49. The predicted molar refractivity (Wildman–Crippen MR) is 96.5 cm³/mol. The van der Waals surface area contributed by atoms with Crippen molar-refractivity contribution in [1.82, 2.24) is 5.32 Å². The Morgan fingerprint density at radius 3 is 2.19 bits per heavy atom. The zero-order valence-corrected chi connectivity index (χ0v) is 16.3. The molecule has 126 valence electrons. The minimum Gasteiger partial charge on any atom is -0.417 e. The average molecular weight is 314 g/mol. The van der Waals surface area contributed by atoms with Gasteiger partial charge in [-0.25, -0.2) is 0 Å². The molecule has 0 aromatic carbocycles. The maximum absolute atomic E-state index is 6.22. The van der Waals surface area contributed by atoms with E-state index in [1.165, 1.54) is 64.3 Å². The molecule has 1 fully saturated rings. The Labute approximate surface area is 134 Å². The first-order chi connectivity index (χ1) is 9.83. The van der Waals surface area contributed by atoms with Crippen molar-refractivity contribution in [2.24, 2.45) is 0 Å². The minimum absolute atomic E-state index is 0.344. The Kier molecular flexibility index (Phi) is 8.51. The van der Waals surface area contributed by atoms with Crippen molar-refractivity contribution >= 4 is 8.32 Å². The molecule has 0 atom stereocenters.